The molecule has 0 spiro atoms. The summed E-state index contributed by atoms with van der Waals surface area (Å²) in [4.78, 5) is 16.4. The summed E-state index contributed by atoms with van der Waals surface area (Å²) in [7, 11) is 0. The largest absolute Gasteiger partial charge is 0.442 e. The first-order chi connectivity index (χ1) is 10.2. The van der Waals surface area contributed by atoms with Crippen molar-refractivity contribution in [3.8, 4) is 0 Å². The van der Waals surface area contributed by atoms with E-state index in [9.17, 15) is 4.79 Å². The fourth-order valence-corrected chi connectivity index (χ4v) is 1.97. The van der Waals surface area contributed by atoms with Crippen molar-refractivity contribution in [2.45, 2.75) is 46.1 Å². The van der Waals surface area contributed by atoms with E-state index in [-0.39, 0.29) is 0 Å². The summed E-state index contributed by atoms with van der Waals surface area (Å²) in [5.41, 5.74) is 7.00. The number of benzene rings is 1. The predicted molar refractivity (Wildman–Crippen MR) is 84.7 cm³/mol. The Balaban J connectivity index is 2.03. The van der Waals surface area contributed by atoms with Gasteiger partial charge >= 0.3 is 6.09 Å². The van der Waals surface area contributed by atoms with Crippen LogP contribution in [0.5, 0.6) is 0 Å². The van der Waals surface area contributed by atoms with Crippen LogP contribution in [0.3, 0.4) is 0 Å². The molecule has 1 aromatic carbocycles. The quantitative estimate of drug-likeness (QED) is 0.881. The first kappa shape index (κ1) is 16.0. The third-order valence-corrected chi connectivity index (χ3v) is 3.00. The van der Waals surface area contributed by atoms with Crippen LogP contribution in [0.1, 0.15) is 38.0 Å². The van der Waals surface area contributed by atoms with Crippen molar-refractivity contribution >= 4 is 11.8 Å². The monoisotopic (exact) mass is 302 g/mol. The van der Waals surface area contributed by atoms with Crippen LogP contribution in [0.4, 0.5) is 10.5 Å². The van der Waals surface area contributed by atoms with Crippen molar-refractivity contribution in [2.75, 3.05) is 5.73 Å². The van der Waals surface area contributed by atoms with Crippen molar-refractivity contribution in [1.82, 2.24) is 14.8 Å². The maximum absolute atomic E-state index is 12.0. The lowest BCUT2D eigenvalue weighted by atomic mass is 10.1. The Hall–Kier alpha value is -2.37. The molecule has 2 N–H and O–H groups in total. The fraction of sp³-hybridized carbons (Fsp3) is 0.438. The van der Waals surface area contributed by atoms with E-state index in [1.165, 1.54) is 4.68 Å². The van der Waals surface area contributed by atoms with Crippen LogP contribution < -0.4 is 5.73 Å². The van der Waals surface area contributed by atoms with Gasteiger partial charge in [0.05, 0.1) is 0 Å². The topological polar surface area (TPSA) is 83.0 Å². The lowest BCUT2D eigenvalue weighted by Crippen LogP contribution is -2.28. The highest BCUT2D eigenvalue weighted by atomic mass is 16.6. The van der Waals surface area contributed by atoms with E-state index in [4.69, 9.17) is 10.5 Å². The molecule has 2 rings (SSSR count). The Labute approximate surface area is 130 Å². The smallest absolute Gasteiger partial charge is 0.436 e. The van der Waals surface area contributed by atoms with Crippen molar-refractivity contribution in [3.05, 3.63) is 41.5 Å². The van der Waals surface area contributed by atoms with E-state index in [1.807, 2.05) is 45.0 Å². The van der Waals surface area contributed by atoms with Gasteiger partial charge in [-0.2, -0.15) is 0 Å². The van der Waals surface area contributed by atoms with E-state index in [1.54, 1.807) is 6.92 Å². The molecule has 0 amide bonds. The normalized spacial score (nSPS) is 11.5. The maximum atomic E-state index is 12.0. The number of ether oxygens (including phenoxy) is 1. The molecule has 22 heavy (non-hydrogen) atoms. The van der Waals surface area contributed by atoms with Crippen molar-refractivity contribution < 1.29 is 9.53 Å². The lowest BCUT2D eigenvalue weighted by molar-refractivity contribution is 0.0510. The van der Waals surface area contributed by atoms with Crippen molar-refractivity contribution in [3.63, 3.8) is 0 Å². The summed E-state index contributed by atoms with van der Waals surface area (Å²) in [6, 6.07) is 7.70. The summed E-state index contributed by atoms with van der Waals surface area (Å²) in [5, 5.41) is 4.23. The average Bonchev–Trinajstić information content (AvgIpc) is 2.77. The molecule has 0 fully saturated rings. The van der Waals surface area contributed by atoms with Gasteiger partial charge in [-0.1, -0.05) is 12.1 Å². The van der Waals surface area contributed by atoms with E-state index in [2.05, 4.69) is 10.1 Å². The van der Waals surface area contributed by atoms with Crippen LogP contribution in [0.2, 0.25) is 0 Å². The molecule has 0 aliphatic rings. The SMILES string of the molecule is Cc1nc(CCc2ccc(N)cc2)nn1C(=O)OC(C)(C)C. The van der Waals surface area contributed by atoms with E-state index in [0.29, 0.717) is 18.1 Å². The number of carbonyl (C=O) groups excluding carboxylic acids is 1. The highest BCUT2D eigenvalue weighted by molar-refractivity contribution is 5.70. The third-order valence-electron chi connectivity index (χ3n) is 3.00. The number of nitrogens with zero attached hydrogens (tertiary/aromatic N) is 3. The molecule has 0 unspecified atom stereocenters. The van der Waals surface area contributed by atoms with Crippen molar-refractivity contribution in [2.24, 2.45) is 0 Å². The Morgan fingerprint density at radius 3 is 2.45 bits per heavy atom. The zero-order chi connectivity index (χ0) is 16.3. The minimum absolute atomic E-state index is 0.503. The van der Waals surface area contributed by atoms with Gasteiger partial charge in [-0.05, 0) is 51.8 Å². The minimum atomic E-state index is -0.556. The second kappa shape index (κ2) is 6.17. The van der Waals surface area contributed by atoms with Gasteiger partial charge in [-0.3, -0.25) is 0 Å². The number of hydrogen-bond donors (Lipinski definition) is 1. The van der Waals surface area contributed by atoms with E-state index >= 15 is 0 Å². The molecule has 0 saturated heterocycles. The summed E-state index contributed by atoms with van der Waals surface area (Å²) in [6.07, 6.45) is 0.940. The van der Waals surface area contributed by atoms with Crippen LogP contribution in [-0.4, -0.2) is 26.5 Å². The van der Waals surface area contributed by atoms with Crippen LogP contribution in [-0.2, 0) is 17.6 Å². The number of aromatic nitrogens is 3. The molecule has 118 valence electrons. The Morgan fingerprint density at radius 2 is 1.86 bits per heavy atom. The number of carbonyl (C=O) groups is 1. The average molecular weight is 302 g/mol. The standard InChI is InChI=1S/C16H22N4O2/c1-11-18-14(10-7-12-5-8-13(17)9-6-12)19-20(11)15(21)22-16(2,3)4/h5-6,8-9H,7,10,17H2,1-4H3. The molecule has 0 saturated carbocycles. The molecule has 0 radical (unpaired) electrons. The van der Waals surface area contributed by atoms with Gasteiger partial charge in [-0.25, -0.2) is 9.78 Å². The third kappa shape index (κ3) is 4.31. The molecule has 6 nitrogen and oxygen atoms in total. The summed E-state index contributed by atoms with van der Waals surface area (Å²) in [6.45, 7) is 7.20. The number of rotatable bonds is 3. The van der Waals surface area contributed by atoms with E-state index < -0.39 is 11.7 Å². The molecule has 0 bridgehead atoms. The second-order valence-corrected chi connectivity index (χ2v) is 6.21. The van der Waals surface area contributed by atoms with Crippen LogP contribution in [0.25, 0.3) is 0 Å². The van der Waals surface area contributed by atoms with Crippen LogP contribution >= 0.6 is 0 Å². The molecule has 0 atom stereocenters. The van der Waals surface area contributed by atoms with Gasteiger partial charge < -0.3 is 10.5 Å². The minimum Gasteiger partial charge on any atom is -0.442 e. The Bertz CT molecular complexity index is 654. The van der Waals surface area contributed by atoms with Gasteiger partial charge in [0.2, 0.25) is 0 Å². The van der Waals surface area contributed by atoms with Gasteiger partial charge in [0, 0.05) is 12.1 Å². The zero-order valence-corrected chi connectivity index (χ0v) is 13.5. The summed E-state index contributed by atoms with van der Waals surface area (Å²) in [5.74, 6) is 1.15. The Morgan fingerprint density at radius 1 is 1.23 bits per heavy atom. The molecule has 1 aromatic heterocycles. The molecular weight excluding hydrogens is 280 g/mol. The van der Waals surface area contributed by atoms with Crippen LogP contribution in [0.15, 0.2) is 24.3 Å². The van der Waals surface area contributed by atoms with Crippen molar-refractivity contribution in [1.29, 1.82) is 0 Å². The van der Waals surface area contributed by atoms with Gasteiger partial charge in [0.1, 0.15) is 11.4 Å². The summed E-state index contributed by atoms with van der Waals surface area (Å²) < 4.78 is 6.51. The number of nitrogen functional groups attached to an aromatic ring is 1. The second-order valence-electron chi connectivity index (χ2n) is 6.21. The number of hydrogen-bond acceptors (Lipinski definition) is 5. The molecule has 0 aliphatic carbocycles. The highest BCUT2D eigenvalue weighted by Crippen LogP contribution is 2.11. The van der Waals surface area contributed by atoms with Gasteiger partial charge in [-0.15, -0.1) is 9.78 Å². The molecular formula is C16H22N4O2. The maximum Gasteiger partial charge on any atom is 0.436 e. The van der Waals surface area contributed by atoms with Gasteiger partial charge in [0.15, 0.2) is 5.82 Å². The number of nitrogens with two attached hydrogens (primary N) is 1. The first-order valence-corrected chi connectivity index (χ1v) is 7.25. The van der Waals surface area contributed by atoms with E-state index in [0.717, 1.165) is 17.7 Å². The van der Waals surface area contributed by atoms with Crippen LogP contribution in [0, 0.1) is 6.92 Å². The Kier molecular flexibility index (Phi) is 4.49. The number of anilines is 1. The predicted octanol–water partition coefficient (Wildman–Crippen LogP) is 2.74. The zero-order valence-electron chi connectivity index (χ0n) is 13.5. The molecule has 2 aromatic rings. The number of aryl methyl sites for hydroxylation is 3. The highest BCUT2D eigenvalue weighted by Gasteiger charge is 2.21. The molecule has 0 aliphatic heterocycles. The molecule has 1 heterocycles. The lowest BCUT2D eigenvalue weighted by Gasteiger charge is -2.18. The summed E-state index contributed by atoms with van der Waals surface area (Å²) >= 11 is 0. The van der Waals surface area contributed by atoms with Gasteiger partial charge in [0.25, 0.3) is 0 Å². The first-order valence-electron chi connectivity index (χ1n) is 7.25. The fourth-order valence-electron chi connectivity index (χ4n) is 1.97. The molecule has 6 heteroatoms.